The average molecular weight is 435 g/mol. The van der Waals surface area contributed by atoms with Gasteiger partial charge < -0.3 is 15.1 Å². The number of anilines is 1. The zero-order valence-corrected chi connectivity index (χ0v) is 18.0. The Bertz CT molecular complexity index is 1240. The van der Waals surface area contributed by atoms with Gasteiger partial charge in [0.05, 0.1) is 11.2 Å². The van der Waals surface area contributed by atoms with Crippen molar-refractivity contribution in [2.24, 2.45) is 0 Å². The first kappa shape index (κ1) is 19.8. The first-order chi connectivity index (χ1) is 15.0. The molecule has 1 fully saturated rings. The number of amides is 1. The standard InChI is InChI=1S/C22H22N6O2S/c1-12-7-8-15-13(2)23-20(25-17(15)9-12)28-21-24-14(10-19(29)27-21)11-31-22-26-16-5-3-4-6-18(16)30-22/h3-9,14,21,24H,10-11H2,1-2H3,(H,27,29)(H,23,25,28). The highest BCUT2D eigenvalue weighted by molar-refractivity contribution is 7.99. The van der Waals surface area contributed by atoms with E-state index < -0.39 is 6.29 Å². The molecular formula is C22H22N6O2S. The van der Waals surface area contributed by atoms with E-state index in [0.29, 0.717) is 23.3 Å². The van der Waals surface area contributed by atoms with E-state index >= 15 is 0 Å². The molecule has 5 rings (SSSR count). The fourth-order valence-corrected chi connectivity index (χ4v) is 4.51. The van der Waals surface area contributed by atoms with Crippen molar-refractivity contribution in [3.05, 3.63) is 53.7 Å². The number of thioether (sulfide) groups is 1. The van der Waals surface area contributed by atoms with Gasteiger partial charge in [0.15, 0.2) is 11.9 Å². The van der Waals surface area contributed by atoms with Gasteiger partial charge in [-0.15, -0.1) is 0 Å². The van der Waals surface area contributed by atoms with Crippen LogP contribution in [-0.4, -0.2) is 38.9 Å². The molecule has 9 heteroatoms. The normalized spacial score (nSPS) is 19.0. The van der Waals surface area contributed by atoms with Gasteiger partial charge in [-0.1, -0.05) is 36.0 Å². The number of carbonyl (C=O) groups excluding carboxylic acids is 1. The van der Waals surface area contributed by atoms with Crippen LogP contribution in [0.1, 0.15) is 17.7 Å². The Balaban J connectivity index is 1.27. The third-order valence-corrected chi connectivity index (χ3v) is 6.13. The Kier molecular flexibility index (Phi) is 5.21. The molecule has 1 aliphatic rings. The number of benzene rings is 2. The second kappa shape index (κ2) is 8.16. The minimum Gasteiger partial charge on any atom is -0.431 e. The average Bonchev–Trinajstić information content (AvgIpc) is 3.14. The summed E-state index contributed by atoms with van der Waals surface area (Å²) in [6.45, 7) is 3.99. The van der Waals surface area contributed by atoms with E-state index in [0.717, 1.165) is 33.3 Å². The number of oxazole rings is 1. The molecule has 31 heavy (non-hydrogen) atoms. The van der Waals surface area contributed by atoms with E-state index in [4.69, 9.17) is 4.42 Å². The van der Waals surface area contributed by atoms with Gasteiger partial charge >= 0.3 is 0 Å². The van der Waals surface area contributed by atoms with Crippen LogP contribution in [0.2, 0.25) is 0 Å². The van der Waals surface area contributed by atoms with Crippen molar-refractivity contribution in [1.29, 1.82) is 0 Å². The van der Waals surface area contributed by atoms with Gasteiger partial charge in [0.1, 0.15) is 5.52 Å². The van der Waals surface area contributed by atoms with E-state index in [1.807, 2.05) is 56.3 Å². The number of hydrogen-bond acceptors (Lipinski definition) is 8. The molecule has 0 aliphatic carbocycles. The molecule has 1 aliphatic heterocycles. The highest BCUT2D eigenvalue weighted by Crippen LogP contribution is 2.25. The molecule has 8 nitrogen and oxygen atoms in total. The molecule has 158 valence electrons. The molecule has 4 aromatic rings. The highest BCUT2D eigenvalue weighted by Gasteiger charge is 2.27. The van der Waals surface area contributed by atoms with Gasteiger partial charge in [0, 0.05) is 23.6 Å². The molecule has 1 saturated heterocycles. The third kappa shape index (κ3) is 4.33. The summed E-state index contributed by atoms with van der Waals surface area (Å²) < 4.78 is 5.76. The number of nitrogens with zero attached hydrogens (tertiary/aromatic N) is 3. The van der Waals surface area contributed by atoms with Crippen molar-refractivity contribution in [2.45, 2.75) is 37.8 Å². The second-order valence-electron chi connectivity index (χ2n) is 7.62. The van der Waals surface area contributed by atoms with Gasteiger partial charge in [-0.05, 0) is 37.6 Å². The first-order valence-corrected chi connectivity index (χ1v) is 11.1. The number of hydrogen-bond donors (Lipinski definition) is 3. The van der Waals surface area contributed by atoms with Crippen LogP contribution in [0.5, 0.6) is 0 Å². The number of aromatic nitrogens is 3. The van der Waals surface area contributed by atoms with Crippen molar-refractivity contribution >= 4 is 45.6 Å². The molecule has 3 heterocycles. The van der Waals surface area contributed by atoms with Crippen molar-refractivity contribution < 1.29 is 9.21 Å². The SMILES string of the molecule is Cc1ccc2c(C)nc(NC3NC(=O)CC(CSc4nc5ccccc5o4)N3)nc2c1. The number of carbonyl (C=O) groups is 1. The van der Waals surface area contributed by atoms with E-state index in [9.17, 15) is 4.79 Å². The predicted octanol–water partition coefficient (Wildman–Crippen LogP) is 3.35. The van der Waals surface area contributed by atoms with Gasteiger partial charge in [-0.2, -0.15) is 0 Å². The summed E-state index contributed by atoms with van der Waals surface area (Å²) in [5, 5.41) is 11.1. The third-order valence-electron chi connectivity index (χ3n) is 5.14. The van der Waals surface area contributed by atoms with Crippen LogP contribution in [0, 0.1) is 13.8 Å². The highest BCUT2D eigenvalue weighted by atomic mass is 32.2. The molecule has 0 bridgehead atoms. The predicted molar refractivity (Wildman–Crippen MR) is 121 cm³/mol. The molecular weight excluding hydrogens is 412 g/mol. The topological polar surface area (TPSA) is 105 Å². The van der Waals surface area contributed by atoms with Crippen molar-refractivity contribution in [1.82, 2.24) is 25.6 Å². The van der Waals surface area contributed by atoms with Crippen LogP contribution in [0.3, 0.4) is 0 Å². The molecule has 1 amide bonds. The summed E-state index contributed by atoms with van der Waals surface area (Å²) in [5.74, 6) is 1.09. The lowest BCUT2D eigenvalue weighted by molar-refractivity contribution is -0.123. The van der Waals surface area contributed by atoms with Gasteiger partial charge in [-0.25, -0.2) is 15.0 Å². The first-order valence-electron chi connectivity index (χ1n) is 10.1. The summed E-state index contributed by atoms with van der Waals surface area (Å²) in [7, 11) is 0. The van der Waals surface area contributed by atoms with Crippen LogP contribution < -0.4 is 16.0 Å². The maximum atomic E-state index is 12.3. The van der Waals surface area contributed by atoms with E-state index in [1.165, 1.54) is 11.8 Å². The maximum Gasteiger partial charge on any atom is 0.256 e. The number of para-hydroxylation sites is 2. The Labute approximate surface area is 183 Å². The van der Waals surface area contributed by atoms with Gasteiger partial charge in [0.25, 0.3) is 5.22 Å². The lowest BCUT2D eigenvalue weighted by Crippen LogP contribution is -2.60. The number of fused-ring (bicyclic) bond motifs is 2. The quantitative estimate of drug-likeness (QED) is 0.411. The fourth-order valence-electron chi connectivity index (χ4n) is 3.64. The van der Waals surface area contributed by atoms with Gasteiger partial charge in [0.2, 0.25) is 11.9 Å². The Morgan fingerprint density at radius 2 is 2.00 bits per heavy atom. The maximum absolute atomic E-state index is 12.3. The number of aryl methyl sites for hydroxylation is 2. The van der Waals surface area contributed by atoms with Crippen LogP contribution in [-0.2, 0) is 4.79 Å². The zero-order chi connectivity index (χ0) is 21.4. The molecule has 0 spiro atoms. The second-order valence-corrected chi connectivity index (χ2v) is 8.60. The minimum atomic E-state index is -0.461. The molecule has 2 aromatic carbocycles. The Morgan fingerprint density at radius 1 is 1.13 bits per heavy atom. The summed E-state index contributed by atoms with van der Waals surface area (Å²) >= 11 is 1.49. The summed E-state index contributed by atoms with van der Waals surface area (Å²) in [4.78, 5) is 25.9. The molecule has 2 unspecified atom stereocenters. The lowest BCUT2D eigenvalue weighted by Gasteiger charge is -2.31. The molecule has 3 N–H and O–H groups in total. The Morgan fingerprint density at radius 3 is 2.87 bits per heavy atom. The smallest absolute Gasteiger partial charge is 0.256 e. The van der Waals surface area contributed by atoms with Gasteiger partial charge in [-0.3, -0.25) is 10.1 Å². The van der Waals surface area contributed by atoms with E-state index in [2.05, 4.69) is 30.9 Å². The Hall–Kier alpha value is -3.17. The zero-order valence-electron chi connectivity index (χ0n) is 17.2. The van der Waals surface area contributed by atoms with Crippen molar-refractivity contribution in [3.63, 3.8) is 0 Å². The number of nitrogens with one attached hydrogen (secondary N) is 3. The molecule has 0 radical (unpaired) electrons. The molecule has 2 aromatic heterocycles. The molecule has 0 saturated carbocycles. The van der Waals surface area contributed by atoms with E-state index in [-0.39, 0.29) is 11.9 Å². The minimum absolute atomic E-state index is 0.0345. The summed E-state index contributed by atoms with van der Waals surface area (Å²) in [6.07, 6.45) is -0.0838. The van der Waals surface area contributed by atoms with Crippen molar-refractivity contribution in [3.8, 4) is 0 Å². The lowest BCUT2D eigenvalue weighted by atomic mass is 10.1. The van der Waals surface area contributed by atoms with Crippen LogP contribution in [0.4, 0.5) is 5.95 Å². The number of rotatable bonds is 5. The fraction of sp³-hybridized carbons (Fsp3) is 0.273. The van der Waals surface area contributed by atoms with Crippen LogP contribution >= 0.6 is 11.8 Å². The van der Waals surface area contributed by atoms with Crippen LogP contribution in [0.15, 0.2) is 52.1 Å². The van der Waals surface area contributed by atoms with Crippen molar-refractivity contribution in [2.75, 3.05) is 11.1 Å². The summed E-state index contributed by atoms with van der Waals surface area (Å²) in [5.41, 5.74) is 4.49. The monoisotopic (exact) mass is 434 g/mol. The largest absolute Gasteiger partial charge is 0.431 e. The van der Waals surface area contributed by atoms with Crippen LogP contribution in [0.25, 0.3) is 22.0 Å². The van der Waals surface area contributed by atoms with E-state index in [1.54, 1.807) is 0 Å². The molecule has 2 atom stereocenters. The summed E-state index contributed by atoms with van der Waals surface area (Å²) in [6, 6.07) is 13.7.